The van der Waals surface area contributed by atoms with Crippen LogP contribution in [0, 0.1) is 5.92 Å². The van der Waals surface area contributed by atoms with Gasteiger partial charge in [-0.3, -0.25) is 0 Å². The normalized spacial score (nSPS) is 31.6. The molecule has 3 aliphatic rings. The lowest BCUT2D eigenvalue weighted by molar-refractivity contribution is 0.166. The average Bonchev–Trinajstić information content (AvgIpc) is 2.78. The third kappa shape index (κ3) is 2.76. The van der Waals surface area contributed by atoms with Crippen LogP contribution in [0.25, 0.3) is 0 Å². The van der Waals surface area contributed by atoms with Crippen molar-refractivity contribution < 1.29 is 0 Å². The molecular formula is C14H26N6. The molecule has 0 aromatic heterocycles. The number of likely N-dealkylation sites (N-methyl/N-ethyl adjacent to an activating group) is 1. The molecule has 6 nitrogen and oxygen atoms in total. The smallest absolute Gasteiger partial charge is 0.196 e. The standard InChI is InChI=1S/C14H26N6/c1-17-11-8-20(9-11)12-7-14(16,19-13(15)18-12)6-10-4-2-3-5-10/h7,10-11,17H,2-6,8-9,16H2,1H3,(H3,15,18,19). The molecule has 1 aliphatic carbocycles. The maximum absolute atomic E-state index is 6.48. The summed E-state index contributed by atoms with van der Waals surface area (Å²) in [5.74, 6) is 2.15. The molecule has 20 heavy (non-hydrogen) atoms. The van der Waals surface area contributed by atoms with Crippen molar-refractivity contribution in [2.45, 2.75) is 43.8 Å². The van der Waals surface area contributed by atoms with Gasteiger partial charge in [-0.2, -0.15) is 0 Å². The van der Waals surface area contributed by atoms with Crippen molar-refractivity contribution in [2.24, 2.45) is 22.4 Å². The van der Waals surface area contributed by atoms with Crippen molar-refractivity contribution in [2.75, 3.05) is 20.1 Å². The van der Waals surface area contributed by atoms with Gasteiger partial charge in [0.05, 0.1) is 0 Å². The molecule has 1 saturated heterocycles. The molecule has 3 rings (SSSR count). The van der Waals surface area contributed by atoms with Crippen LogP contribution in [-0.2, 0) is 0 Å². The zero-order chi connectivity index (χ0) is 14.2. The summed E-state index contributed by atoms with van der Waals surface area (Å²) in [7, 11) is 1.99. The molecule has 2 aliphatic heterocycles. The van der Waals surface area contributed by atoms with Crippen molar-refractivity contribution in [3.8, 4) is 0 Å². The highest BCUT2D eigenvalue weighted by molar-refractivity contribution is 5.81. The number of hydrogen-bond donors (Lipinski definition) is 4. The highest BCUT2D eigenvalue weighted by Crippen LogP contribution is 2.33. The molecule has 0 spiro atoms. The van der Waals surface area contributed by atoms with Gasteiger partial charge in [-0.1, -0.05) is 25.7 Å². The van der Waals surface area contributed by atoms with Crippen LogP contribution >= 0.6 is 0 Å². The Labute approximate surface area is 120 Å². The Balaban J connectivity index is 1.68. The Morgan fingerprint density at radius 1 is 1.45 bits per heavy atom. The van der Waals surface area contributed by atoms with E-state index in [-0.39, 0.29) is 0 Å². The topological polar surface area (TPSA) is 91.7 Å². The van der Waals surface area contributed by atoms with Gasteiger partial charge in [0.1, 0.15) is 11.5 Å². The van der Waals surface area contributed by atoms with Gasteiger partial charge in [0.25, 0.3) is 0 Å². The van der Waals surface area contributed by atoms with Gasteiger partial charge in [0.2, 0.25) is 0 Å². The molecule has 0 aromatic rings. The number of hydrogen-bond acceptors (Lipinski definition) is 6. The lowest BCUT2D eigenvalue weighted by atomic mass is 9.93. The van der Waals surface area contributed by atoms with Gasteiger partial charge in [0.15, 0.2) is 5.96 Å². The number of nitrogens with one attached hydrogen (secondary N) is 2. The fourth-order valence-electron chi connectivity index (χ4n) is 3.50. The fourth-order valence-corrected chi connectivity index (χ4v) is 3.50. The number of nitrogens with two attached hydrogens (primary N) is 2. The van der Waals surface area contributed by atoms with Crippen molar-refractivity contribution in [1.82, 2.24) is 15.5 Å². The van der Waals surface area contributed by atoms with E-state index in [1.807, 2.05) is 7.05 Å². The van der Waals surface area contributed by atoms with E-state index in [1.54, 1.807) is 0 Å². The number of aliphatic imine (C=N–C) groups is 1. The molecule has 1 atom stereocenters. The van der Waals surface area contributed by atoms with E-state index in [0.717, 1.165) is 25.3 Å². The lowest BCUT2D eigenvalue weighted by Crippen LogP contribution is -2.60. The summed E-state index contributed by atoms with van der Waals surface area (Å²) in [6, 6.07) is 0.555. The molecule has 6 N–H and O–H groups in total. The lowest BCUT2D eigenvalue weighted by Gasteiger charge is -2.44. The summed E-state index contributed by atoms with van der Waals surface area (Å²) in [5, 5.41) is 6.42. The van der Waals surface area contributed by atoms with E-state index in [1.165, 1.54) is 25.7 Å². The second kappa shape index (κ2) is 5.26. The predicted molar refractivity (Wildman–Crippen MR) is 80.8 cm³/mol. The van der Waals surface area contributed by atoms with Crippen molar-refractivity contribution in [1.29, 1.82) is 0 Å². The van der Waals surface area contributed by atoms with E-state index in [4.69, 9.17) is 11.5 Å². The van der Waals surface area contributed by atoms with Gasteiger partial charge in [-0.15, -0.1) is 0 Å². The van der Waals surface area contributed by atoms with Crippen LogP contribution in [0.4, 0.5) is 0 Å². The zero-order valence-electron chi connectivity index (χ0n) is 12.2. The number of nitrogens with zero attached hydrogens (tertiary/aromatic N) is 2. The van der Waals surface area contributed by atoms with Gasteiger partial charge in [0, 0.05) is 19.1 Å². The van der Waals surface area contributed by atoms with E-state index in [2.05, 4.69) is 26.6 Å². The summed E-state index contributed by atoms with van der Waals surface area (Å²) >= 11 is 0. The molecule has 0 bridgehead atoms. The van der Waals surface area contributed by atoms with Gasteiger partial charge >= 0.3 is 0 Å². The highest BCUT2D eigenvalue weighted by Gasteiger charge is 2.35. The summed E-state index contributed by atoms with van der Waals surface area (Å²) in [6.45, 7) is 1.98. The second-order valence-electron chi connectivity index (χ2n) is 6.39. The van der Waals surface area contributed by atoms with Crippen LogP contribution in [0.1, 0.15) is 32.1 Å². The third-order valence-corrected chi connectivity index (χ3v) is 4.69. The summed E-state index contributed by atoms with van der Waals surface area (Å²) in [4.78, 5) is 6.71. The molecule has 0 radical (unpaired) electrons. The highest BCUT2D eigenvalue weighted by atomic mass is 15.4. The molecule has 2 fully saturated rings. The Morgan fingerprint density at radius 3 is 2.80 bits per heavy atom. The Morgan fingerprint density at radius 2 is 2.15 bits per heavy atom. The van der Waals surface area contributed by atoms with Crippen LogP contribution in [0.2, 0.25) is 0 Å². The Kier molecular flexibility index (Phi) is 3.60. The van der Waals surface area contributed by atoms with E-state index in [0.29, 0.717) is 17.9 Å². The quantitative estimate of drug-likeness (QED) is 0.576. The van der Waals surface area contributed by atoms with Crippen LogP contribution in [0.3, 0.4) is 0 Å². The minimum Gasteiger partial charge on any atom is -0.370 e. The zero-order valence-corrected chi connectivity index (χ0v) is 12.2. The Bertz CT molecular complexity index is 419. The predicted octanol–water partition coefficient (Wildman–Crippen LogP) is -0.115. The number of rotatable bonds is 4. The van der Waals surface area contributed by atoms with Crippen molar-refractivity contribution in [3.05, 3.63) is 11.9 Å². The van der Waals surface area contributed by atoms with Crippen molar-refractivity contribution >= 4 is 5.96 Å². The minimum absolute atomic E-state index is 0.441. The first-order chi connectivity index (χ1) is 9.58. The molecule has 1 unspecified atom stereocenters. The second-order valence-corrected chi connectivity index (χ2v) is 6.39. The van der Waals surface area contributed by atoms with Gasteiger partial charge in [-0.25, -0.2) is 4.99 Å². The largest absolute Gasteiger partial charge is 0.370 e. The molecule has 6 heteroatoms. The summed E-state index contributed by atoms with van der Waals surface area (Å²) in [5.41, 5.74) is 11.8. The first kappa shape index (κ1) is 13.7. The SMILES string of the molecule is CNC1CN(C2=CC(N)(CC3CCCC3)N=C(N)N2)C1. The minimum atomic E-state index is -0.635. The molecule has 2 heterocycles. The van der Waals surface area contributed by atoms with E-state index in [9.17, 15) is 0 Å². The van der Waals surface area contributed by atoms with E-state index < -0.39 is 5.66 Å². The maximum Gasteiger partial charge on any atom is 0.196 e. The first-order valence-corrected chi connectivity index (χ1v) is 7.64. The Hall–Kier alpha value is -1.27. The molecule has 1 saturated carbocycles. The molecule has 0 aromatic carbocycles. The molecule has 112 valence electrons. The molecule has 0 amide bonds. The molecular weight excluding hydrogens is 252 g/mol. The van der Waals surface area contributed by atoms with Crippen LogP contribution in [0.5, 0.6) is 0 Å². The maximum atomic E-state index is 6.48. The monoisotopic (exact) mass is 278 g/mol. The first-order valence-electron chi connectivity index (χ1n) is 7.64. The summed E-state index contributed by atoms with van der Waals surface area (Å²) < 4.78 is 0. The third-order valence-electron chi connectivity index (χ3n) is 4.69. The van der Waals surface area contributed by atoms with Gasteiger partial charge < -0.3 is 27.0 Å². The number of likely N-dealkylation sites (tertiary alicyclic amines) is 1. The fraction of sp³-hybridized carbons (Fsp3) is 0.786. The van der Waals surface area contributed by atoms with Gasteiger partial charge in [-0.05, 0) is 25.5 Å². The van der Waals surface area contributed by atoms with Crippen LogP contribution in [-0.4, -0.2) is 42.7 Å². The van der Waals surface area contributed by atoms with Crippen LogP contribution in [0.15, 0.2) is 16.9 Å². The van der Waals surface area contributed by atoms with E-state index >= 15 is 0 Å². The number of guanidine groups is 1. The average molecular weight is 278 g/mol. The van der Waals surface area contributed by atoms with Crippen molar-refractivity contribution in [3.63, 3.8) is 0 Å². The van der Waals surface area contributed by atoms with Crippen LogP contribution < -0.4 is 22.1 Å². The summed E-state index contributed by atoms with van der Waals surface area (Å²) in [6.07, 6.45) is 8.16.